The molecule has 1 aliphatic heterocycles. The van der Waals surface area contributed by atoms with Crippen molar-refractivity contribution < 1.29 is 22.7 Å². The molecule has 9 nitrogen and oxygen atoms in total. The number of morpholine rings is 1. The van der Waals surface area contributed by atoms with Gasteiger partial charge >= 0.3 is 6.03 Å². The standard InChI is InChI=1S/C22H28N4O5S/c1-16-14-26(15-17(2)31-16)32(29,30)20-10-8-19(9-11-20)24-21(27)12-13-23-22(28)25-18-6-4-3-5-7-18/h3-11,16-17H,12-15H2,1-2H3,(H,24,27)(H2,23,25,28)/t16-,17+. The van der Waals surface area contributed by atoms with E-state index < -0.39 is 16.1 Å². The van der Waals surface area contributed by atoms with E-state index in [0.717, 1.165) is 0 Å². The second kappa shape index (κ2) is 10.6. The van der Waals surface area contributed by atoms with Gasteiger partial charge in [0.25, 0.3) is 0 Å². The monoisotopic (exact) mass is 460 g/mol. The molecule has 0 unspecified atom stereocenters. The number of sulfonamides is 1. The Balaban J connectivity index is 1.47. The zero-order valence-electron chi connectivity index (χ0n) is 18.1. The predicted octanol–water partition coefficient (Wildman–Crippen LogP) is 2.63. The molecule has 32 heavy (non-hydrogen) atoms. The largest absolute Gasteiger partial charge is 0.373 e. The minimum absolute atomic E-state index is 0.0752. The van der Waals surface area contributed by atoms with E-state index in [4.69, 9.17) is 4.74 Å². The van der Waals surface area contributed by atoms with Crippen LogP contribution in [0.25, 0.3) is 0 Å². The first kappa shape index (κ1) is 23.7. The molecule has 0 spiro atoms. The summed E-state index contributed by atoms with van der Waals surface area (Å²) in [6.45, 7) is 4.45. The Kier molecular flexibility index (Phi) is 7.84. The van der Waals surface area contributed by atoms with Crippen molar-refractivity contribution in [1.29, 1.82) is 0 Å². The Morgan fingerprint density at radius 3 is 2.16 bits per heavy atom. The average molecular weight is 461 g/mol. The molecule has 2 aromatic rings. The summed E-state index contributed by atoms with van der Waals surface area (Å²) in [7, 11) is -3.64. The molecule has 1 fully saturated rings. The van der Waals surface area contributed by atoms with E-state index in [9.17, 15) is 18.0 Å². The van der Waals surface area contributed by atoms with Gasteiger partial charge in [-0.15, -0.1) is 0 Å². The summed E-state index contributed by atoms with van der Waals surface area (Å²) in [5.41, 5.74) is 1.14. The van der Waals surface area contributed by atoms with Crippen LogP contribution in [0.3, 0.4) is 0 Å². The number of hydrogen-bond donors (Lipinski definition) is 3. The normalized spacial score (nSPS) is 19.2. The van der Waals surface area contributed by atoms with Gasteiger partial charge in [0.1, 0.15) is 0 Å². The Labute approximate surface area is 188 Å². The number of urea groups is 1. The zero-order valence-corrected chi connectivity index (χ0v) is 18.9. The Morgan fingerprint density at radius 2 is 1.53 bits per heavy atom. The maximum absolute atomic E-state index is 12.9. The summed E-state index contributed by atoms with van der Waals surface area (Å²) >= 11 is 0. The number of para-hydroxylation sites is 1. The lowest BCUT2D eigenvalue weighted by atomic mass is 10.3. The fraction of sp³-hybridized carbons (Fsp3) is 0.364. The van der Waals surface area contributed by atoms with Crippen LogP contribution in [0.1, 0.15) is 20.3 Å². The second-order valence-electron chi connectivity index (χ2n) is 7.65. The van der Waals surface area contributed by atoms with Crippen molar-refractivity contribution in [1.82, 2.24) is 9.62 Å². The third-order valence-corrected chi connectivity index (χ3v) is 6.68. The second-order valence-corrected chi connectivity index (χ2v) is 9.59. The molecule has 0 aromatic heterocycles. The molecular formula is C22H28N4O5S. The number of nitrogens with one attached hydrogen (secondary N) is 3. The van der Waals surface area contributed by atoms with E-state index in [1.807, 2.05) is 32.0 Å². The summed E-state index contributed by atoms with van der Waals surface area (Å²) in [6, 6.07) is 14.6. The van der Waals surface area contributed by atoms with Gasteiger partial charge in [-0.05, 0) is 50.2 Å². The number of nitrogens with zero attached hydrogens (tertiary/aromatic N) is 1. The van der Waals surface area contributed by atoms with Crippen molar-refractivity contribution in [2.45, 2.75) is 37.4 Å². The van der Waals surface area contributed by atoms with Crippen LogP contribution in [0, 0.1) is 0 Å². The van der Waals surface area contributed by atoms with Crippen molar-refractivity contribution >= 4 is 33.3 Å². The highest BCUT2D eigenvalue weighted by Gasteiger charge is 2.32. The van der Waals surface area contributed by atoms with Gasteiger partial charge in [0.2, 0.25) is 15.9 Å². The summed E-state index contributed by atoms with van der Waals surface area (Å²) in [6.07, 6.45) is -0.267. The van der Waals surface area contributed by atoms with Gasteiger partial charge in [-0.3, -0.25) is 4.79 Å². The number of carbonyl (C=O) groups is 2. The van der Waals surface area contributed by atoms with Gasteiger partial charge < -0.3 is 20.7 Å². The first-order chi connectivity index (χ1) is 15.2. The van der Waals surface area contributed by atoms with E-state index in [2.05, 4.69) is 16.0 Å². The van der Waals surface area contributed by atoms with Gasteiger partial charge in [0.05, 0.1) is 17.1 Å². The first-order valence-electron chi connectivity index (χ1n) is 10.4. The Hall–Kier alpha value is -2.95. The van der Waals surface area contributed by atoms with Crippen molar-refractivity contribution in [3.63, 3.8) is 0 Å². The molecule has 0 aliphatic carbocycles. The molecular weight excluding hydrogens is 432 g/mol. The van der Waals surface area contributed by atoms with Gasteiger partial charge in [0, 0.05) is 37.4 Å². The summed E-state index contributed by atoms with van der Waals surface area (Å²) in [4.78, 5) is 24.1. The number of anilines is 2. The SMILES string of the molecule is C[C@@H]1CN(S(=O)(=O)c2ccc(NC(=O)CCNC(=O)Nc3ccccc3)cc2)C[C@H](C)O1. The number of benzene rings is 2. The molecule has 3 N–H and O–H groups in total. The highest BCUT2D eigenvalue weighted by Crippen LogP contribution is 2.22. The number of carbonyl (C=O) groups excluding carboxylic acids is 2. The lowest BCUT2D eigenvalue weighted by Crippen LogP contribution is -2.48. The molecule has 0 radical (unpaired) electrons. The van der Waals surface area contributed by atoms with Crippen LogP contribution < -0.4 is 16.0 Å². The lowest BCUT2D eigenvalue weighted by molar-refractivity contribution is -0.116. The summed E-state index contributed by atoms with van der Waals surface area (Å²) in [5, 5.41) is 7.98. The highest BCUT2D eigenvalue weighted by molar-refractivity contribution is 7.89. The molecule has 0 saturated carbocycles. The van der Waals surface area contributed by atoms with Crippen LogP contribution in [0.5, 0.6) is 0 Å². The zero-order chi connectivity index (χ0) is 23.1. The molecule has 10 heteroatoms. The van der Waals surface area contributed by atoms with Crippen molar-refractivity contribution in [2.24, 2.45) is 0 Å². The predicted molar refractivity (Wildman–Crippen MR) is 122 cm³/mol. The molecule has 2 atom stereocenters. The van der Waals surface area contributed by atoms with E-state index in [1.54, 1.807) is 24.3 Å². The van der Waals surface area contributed by atoms with Crippen LogP contribution >= 0.6 is 0 Å². The smallest absolute Gasteiger partial charge is 0.319 e. The van der Waals surface area contributed by atoms with Crippen molar-refractivity contribution in [3.05, 3.63) is 54.6 Å². The number of ether oxygens (including phenoxy) is 1. The van der Waals surface area contributed by atoms with E-state index in [-0.39, 0.29) is 36.0 Å². The fourth-order valence-electron chi connectivity index (χ4n) is 3.40. The minimum atomic E-state index is -3.64. The molecule has 2 aromatic carbocycles. The van der Waals surface area contributed by atoms with Gasteiger partial charge in [-0.2, -0.15) is 4.31 Å². The third-order valence-electron chi connectivity index (χ3n) is 4.83. The number of amides is 3. The summed E-state index contributed by atoms with van der Waals surface area (Å²) < 4.78 is 32.8. The molecule has 1 heterocycles. The van der Waals surface area contributed by atoms with Crippen LogP contribution in [0.4, 0.5) is 16.2 Å². The Bertz CT molecular complexity index is 1020. The van der Waals surface area contributed by atoms with Crippen LogP contribution in [-0.2, 0) is 19.6 Å². The average Bonchev–Trinajstić information content (AvgIpc) is 2.74. The molecule has 3 amide bonds. The maximum Gasteiger partial charge on any atom is 0.319 e. The van der Waals surface area contributed by atoms with Crippen molar-refractivity contribution in [2.75, 3.05) is 30.3 Å². The fourth-order valence-corrected chi connectivity index (χ4v) is 4.99. The van der Waals surface area contributed by atoms with Gasteiger partial charge in [-0.1, -0.05) is 18.2 Å². The van der Waals surface area contributed by atoms with Crippen LogP contribution in [0.2, 0.25) is 0 Å². The number of hydrogen-bond acceptors (Lipinski definition) is 5. The molecule has 3 rings (SSSR count). The summed E-state index contributed by atoms with van der Waals surface area (Å²) in [5.74, 6) is -0.295. The third kappa shape index (κ3) is 6.52. The maximum atomic E-state index is 12.9. The Morgan fingerprint density at radius 1 is 0.938 bits per heavy atom. The number of rotatable bonds is 7. The molecule has 1 saturated heterocycles. The quantitative estimate of drug-likeness (QED) is 0.587. The van der Waals surface area contributed by atoms with Gasteiger partial charge in [-0.25, -0.2) is 13.2 Å². The lowest BCUT2D eigenvalue weighted by Gasteiger charge is -2.34. The van der Waals surface area contributed by atoms with E-state index in [0.29, 0.717) is 24.5 Å². The van der Waals surface area contributed by atoms with E-state index >= 15 is 0 Å². The molecule has 1 aliphatic rings. The van der Waals surface area contributed by atoms with Crippen molar-refractivity contribution in [3.8, 4) is 0 Å². The van der Waals surface area contributed by atoms with E-state index in [1.165, 1.54) is 16.4 Å². The topological polar surface area (TPSA) is 117 Å². The van der Waals surface area contributed by atoms with Crippen LogP contribution in [-0.4, -0.2) is 56.5 Å². The first-order valence-corrected chi connectivity index (χ1v) is 11.8. The van der Waals surface area contributed by atoms with Crippen LogP contribution in [0.15, 0.2) is 59.5 Å². The van der Waals surface area contributed by atoms with Gasteiger partial charge in [0.15, 0.2) is 0 Å². The molecule has 172 valence electrons. The molecule has 0 bridgehead atoms. The highest BCUT2D eigenvalue weighted by atomic mass is 32.2. The minimum Gasteiger partial charge on any atom is -0.373 e.